The number of fused-ring (bicyclic) bond motifs is 4. The fourth-order valence-corrected chi connectivity index (χ4v) is 4.16. The number of carbonyl (C=O) groups excluding carboxylic acids is 3. The number of ketones is 1. The van der Waals surface area contributed by atoms with E-state index < -0.39 is 17.9 Å². The maximum atomic E-state index is 13.3. The Morgan fingerprint density at radius 3 is 2.34 bits per heavy atom. The van der Waals surface area contributed by atoms with Crippen molar-refractivity contribution in [1.29, 1.82) is 0 Å². The van der Waals surface area contributed by atoms with Gasteiger partial charge in [0.15, 0.2) is 5.78 Å². The van der Waals surface area contributed by atoms with Crippen molar-refractivity contribution in [3.63, 3.8) is 0 Å². The average Bonchev–Trinajstić information content (AvgIpc) is 3.02. The third kappa shape index (κ3) is 2.21. The molecule has 0 radical (unpaired) electrons. The van der Waals surface area contributed by atoms with Crippen molar-refractivity contribution in [3.8, 4) is 5.75 Å². The van der Waals surface area contributed by atoms with Gasteiger partial charge in [0.2, 0.25) is 0 Å². The van der Waals surface area contributed by atoms with Gasteiger partial charge in [-0.05, 0) is 23.3 Å². The topological polar surface area (TPSA) is 90.1 Å². The number of likely N-dealkylation sites (N-methyl/N-ethyl adjacent to an activating group) is 1. The molecule has 3 aliphatic rings. The predicted molar refractivity (Wildman–Crippen MR) is 105 cm³/mol. The first-order valence-corrected chi connectivity index (χ1v) is 9.09. The molecule has 29 heavy (non-hydrogen) atoms. The van der Waals surface area contributed by atoms with Crippen LogP contribution in [-0.4, -0.2) is 57.9 Å². The number of amidine groups is 1. The van der Waals surface area contributed by atoms with Gasteiger partial charge in [-0.3, -0.25) is 4.79 Å². The number of hydrogen-bond acceptors (Lipinski definition) is 5. The highest BCUT2D eigenvalue weighted by molar-refractivity contribution is 6.43. The molecule has 2 aliphatic heterocycles. The highest BCUT2D eigenvalue weighted by Gasteiger charge is 2.52. The standard InChI is InChI=1S/C22H15N3O4/c1-24-20-17(21(28)25(2)22(24)29)15(11-7-9-12(26)10-8-11)16-18(23-20)13-5-3-4-6-14(13)19(16)27/h3-10,16H,1-2H3/p+1. The number of phenols is 1. The molecular formula is C22H16N3O4+. The summed E-state index contributed by atoms with van der Waals surface area (Å²) in [5, 5.41) is 9.70. The summed E-state index contributed by atoms with van der Waals surface area (Å²) in [5.41, 5.74) is 3.14. The van der Waals surface area contributed by atoms with Gasteiger partial charge in [0.25, 0.3) is 5.84 Å². The van der Waals surface area contributed by atoms with Gasteiger partial charge in [-0.1, -0.05) is 36.4 Å². The van der Waals surface area contributed by atoms with E-state index in [-0.39, 0.29) is 22.9 Å². The molecule has 1 unspecified atom stereocenters. The van der Waals surface area contributed by atoms with E-state index in [9.17, 15) is 19.5 Å². The van der Waals surface area contributed by atoms with Gasteiger partial charge < -0.3 is 5.11 Å². The van der Waals surface area contributed by atoms with Crippen molar-refractivity contribution in [2.24, 2.45) is 10.9 Å². The summed E-state index contributed by atoms with van der Waals surface area (Å²) in [6, 6.07) is 13.0. The number of allylic oxidation sites excluding steroid dienone is 1. The van der Waals surface area contributed by atoms with Crippen molar-refractivity contribution in [3.05, 3.63) is 70.8 Å². The molecular weight excluding hydrogens is 370 g/mol. The molecule has 7 heteroatoms. The summed E-state index contributed by atoms with van der Waals surface area (Å²) in [6.45, 7) is 0. The maximum absolute atomic E-state index is 13.3. The number of nitrogens with zero attached hydrogens (tertiary/aromatic N) is 3. The molecule has 0 spiro atoms. The predicted octanol–water partition coefficient (Wildman–Crippen LogP) is 2.09. The maximum Gasteiger partial charge on any atom is 0.445 e. The van der Waals surface area contributed by atoms with Gasteiger partial charge in [-0.25, -0.2) is 9.59 Å². The number of dihydropyridines is 1. The number of carbonyl (C=O) groups is 3. The van der Waals surface area contributed by atoms with Crippen LogP contribution in [0, 0.1) is 5.92 Å². The SMILES string of the molecule is CN1C(=O)C2=C(c3ccc(O)cc3)C3C(=O)c4ccccc4C3=NC2=[N+](C)C1=O. The van der Waals surface area contributed by atoms with E-state index in [1.54, 1.807) is 31.3 Å². The van der Waals surface area contributed by atoms with Crippen molar-refractivity contribution in [2.45, 2.75) is 0 Å². The number of aliphatic imine (C=N–C) groups is 1. The Labute approximate surface area is 165 Å². The smallest absolute Gasteiger partial charge is 0.445 e. The summed E-state index contributed by atoms with van der Waals surface area (Å²) >= 11 is 0. The van der Waals surface area contributed by atoms with Crippen LogP contribution in [-0.2, 0) is 4.79 Å². The summed E-state index contributed by atoms with van der Waals surface area (Å²) in [7, 11) is 2.96. The lowest BCUT2D eigenvalue weighted by atomic mass is 9.81. The second kappa shape index (κ2) is 5.81. The van der Waals surface area contributed by atoms with Gasteiger partial charge in [-0.15, -0.1) is 4.99 Å². The van der Waals surface area contributed by atoms with Crippen LogP contribution in [0.2, 0.25) is 0 Å². The Hall–Kier alpha value is -3.87. The molecule has 0 aromatic heterocycles. The minimum atomic E-state index is -0.741. The normalized spacial score (nSPS) is 20.6. The van der Waals surface area contributed by atoms with Crippen molar-refractivity contribution < 1.29 is 24.1 Å². The fourth-order valence-electron chi connectivity index (χ4n) is 4.16. The van der Waals surface area contributed by atoms with Crippen LogP contribution in [0.15, 0.2) is 59.1 Å². The van der Waals surface area contributed by atoms with Crippen LogP contribution in [0.1, 0.15) is 21.5 Å². The molecule has 1 aliphatic carbocycles. The Morgan fingerprint density at radius 1 is 1.00 bits per heavy atom. The lowest BCUT2D eigenvalue weighted by Gasteiger charge is -2.26. The lowest BCUT2D eigenvalue weighted by molar-refractivity contribution is -0.403. The first-order chi connectivity index (χ1) is 13.9. The zero-order valence-corrected chi connectivity index (χ0v) is 15.7. The van der Waals surface area contributed by atoms with E-state index in [1.807, 2.05) is 12.1 Å². The molecule has 2 heterocycles. The number of aromatic hydroxyl groups is 1. The average molecular weight is 386 g/mol. The zero-order valence-electron chi connectivity index (χ0n) is 15.7. The molecule has 0 saturated carbocycles. The van der Waals surface area contributed by atoms with Gasteiger partial charge in [0.1, 0.15) is 23.0 Å². The van der Waals surface area contributed by atoms with Gasteiger partial charge >= 0.3 is 11.9 Å². The quantitative estimate of drug-likeness (QED) is 0.760. The van der Waals surface area contributed by atoms with Crippen LogP contribution in [0.25, 0.3) is 5.57 Å². The third-order valence-electron chi connectivity index (χ3n) is 5.60. The molecule has 0 saturated heterocycles. The minimum absolute atomic E-state index is 0.0775. The highest BCUT2D eigenvalue weighted by atomic mass is 16.3. The summed E-state index contributed by atoms with van der Waals surface area (Å²) in [4.78, 5) is 44.6. The first-order valence-electron chi connectivity index (χ1n) is 9.09. The number of rotatable bonds is 1. The van der Waals surface area contributed by atoms with Crippen LogP contribution in [0.3, 0.4) is 0 Å². The largest absolute Gasteiger partial charge is 0.508 e. The molecule has 142 valence electrons. The lowest BCUT2D eigenvalue weighted by Crippen LogP contribution is -2.49. The molecule has 0 fully saturated rings. The molecule has 7 nitrogen and oxygen atoms in total. The second-order valence-electron chi connectivity index (χ2n) is 7.20. The monoisotopic (exact) mass is 386 g/mol. The van der Waals surface area contributed by atoms with E-state index in [4.69, 9.17) is 0 Å². The van der Waals surface area contributed by atoms with Crippen molar-refractivity contribution in [2.75, 3.05) is 14.1 Å². The highest BCUT2D eigenvalue weighted by Crippen LogP contribution is 2.42. The van der Waals surface area contributed by atoms with Gasteiger partial charge in [0.05, 0.1) is 14.1 Å². The second-order valence-corrected chi connectivity index (χ2v) is 7.20. The van der Waals surface area contributed by atoms with E-state index in [1.165, 1.54) is 23.8 Å². The fraction of sp³-hybridized carbons (Fsp3) is 0.136. The molecule has 0 bridgehead atoms. The van der Waals surface area contributed by atoms with Crippen LogP contribution in [0.4, 0.5) is 4.79 Å². The van der Waals surface area contributed by atoms with Crippen molar-refractivity contribution >= 4 is 34.8 Å². The van der Waals surface area contributed by atoms with Crippen LogP contribution in [0.5, 0.6) is 5.75 Å². The molecule has 2 aromatic rings. The molecule has 3 amide bonds. The minimum Gasteiger partial charge on any atom is -0.508 e. The summed E-state index contributed by atoms with van der Waals surface area (Å²) in [6.07, 6.45) is 0. The van der Waals surface area contributed by atoms with Gasteiger partial charge in [-0.2, -0.15) is 9.48 Å². The van der Waals surface area contributed by atoms with Gasteiger partial charge in [0, 0.05) is 11.1 Å². The number of Topliss-reactive ketones (excluding diaryl/α,β-unsaturated/α-hetero) is 1. The number of urea groups is 1. The molecule has 1 atom stereocenters. The Morgan fingerprint density at radius 2 is 1.66 bits per heavy atom. The number of amides is 3. The number of phenolic OH excluding ortho intramolecular Hbond substituents is 1. The van der Waals surface area contributed by atoms with Crippen molar-refractivity contribution in [1.82, 2.24) is 4.90 Å². The first kappa shape index (κ1) is 17.2. The number of hydrogen-bond donors (Lipinski definition) is 1. The Balaban J connectivity index is 1.88. The molecule has 1 N–H and O–H groups in total. The molecule has 5 rings (SSSR count). The van der Waals surface area contributed by atoms with E-state index in [0.717, 1.165) is 4.90 Å². The number of imide groups is 1. The van der Waals surface area contributed by atoms with Crippen LogP contribution >= 0.6 is 0 Å². The third-order valence-corrected chi connectivity index (χ3v) is 5.60. The summed E-state index contributed by atoms with van der Waals surface area (Å²) < 4.78 is 1.33. The number of benzene rings is 2. The molecule has 2 aromatic carbocycles. The van der Waals surface area contributed by atoms with E-state index in [0.29, 0.717) is 28.0 Å². The zero-order chi connectivity index (χ0) is 20.4. The summed E-state index contributed by atoms with van der Waals surface area (Å²) in [5.74, 6) is -1.07. The van der Waals surface area contributed by atoms with E-state index >= 15 is 0 Å². The van der Waals surface area contributed by atoms with E-state index in [2.05, 4.69) is 4.99 Å². The Kier molecular flexibility index (Phi) is 3.46. The van der Waals surface area contributed by atoms with Crippen LogP contribution < -0.4 is 0 Å². The Bertz CT molecular complexity index is 1230.